The summed E-state index contributed by atoms with van der Waals surface area (Å²) < 4.78 is 25.3. The number of halogens is 1. The van der Waals surface area contributed by atoms with E-state index in [-0.39, 0.29) is 29.2 Å². The molecule has 1 atom stereocenters. The summed E-state index contributed by atoms with van der Waals surface area (Å²) in [6.45, 7) is 4.89. The third-order valence-corrected chi connectivity index (χ3v) is 6.33. The molecule has 2 aromatic carbocycles. The predicted octanol–water partition coefficient (Wildman–Crippen LogP) is 4.17. The van der Waals surface area contributed by atoms with E-state index in [0.717, 1.165) is 12.8 Å². The van der Waals surface area contributed by atoms with Gasteiger partial charge < -0.3 is 25.4 Å². The van der Waals surface area contributed by atoms with Crippen molar-refractivity contribution in [3.05, 3.63) is 48.5 Å². The zero-order valence-corrected chi connectivity index (χ0v) is 20.6. The van der Waals surface area contributed by atoms with Crippen LogP contribution >= 0.6 is 0 Å². The summed E-state index contributed by atoms with van der Waals surface area (Å²) >= 11 is 0. The highest BCUT2D eigenvalue weighted by Gasteiger charge is 2.39. The van der Waals surface area contributed by atoms with Crippen molar-refractivity contribution in [3.8, 4) is 5.75 Å². The molecule has 9 nitrogen and oxygen atoms in total. The summed E-state index contributed by atoms with van der Waals surface area (Å²) in [5.74, 6) is -0.540. The van der Waals surface area contributed by atoms with Gasteiger partial charge in [0.1, 0.15) is 36.7 Å². The molecule has 2 amide bonds. The zero-order valence-electron chi connectivity index (χ0n) is 20.6. The molecule has 0 saturated heterocycles. The Bertz CT molecular complexity index is 1250. The molecule has 1 aliphatic carbocycles. The molecule has 36 heavy (non-hydrogen) atoms. The molecule has 0 spiro atoms. The molecule has 1 aromatic heterocycles. The Hall–Kier alpha value is -3.79. The summed E-state index contributed by atoms with van der Waals surface area (Å²) in [7, 11) is 1.56. The molecular formula is C26H30FN5O4. The molecule has 1 heterocycles. The maximum absolute atomic E-state index is 14.9. The van der Waals surface area contributed by atoms with Gasteiger partial charge in [-0.15, -0.1) is 0 Å². The Kier molecular flexibility index (Phi) is 7.64. The van der Waals surface area contributed by atoms with E-state index in [9.17, 15) is 14.0 Å². The number of fused-ring (bicyclic) bond motifs is 1. The quantitative estimate of drug-likeness (QED) is 0.286. The molecule has 0 aliphatic heterocycles. The van der Waals surface area contributed by atoms with Crippen molar-refractivity contribution in [2.45, 2.75) is 39.2 Å². The topological polar surface area (TPSA) is 114 Å². The van der Waals surface area contributed by atoms with E-state index in [0.29, 0.717) is 41.7 Å². The summed E-state index contributed by atoms with van der Waals surface area (Å²) in [5.41, 5.74) is 1.65. The molecule has 10 heteroatoms. The zero-order chi connectivity index (χ0) is 25.7. The molecule has 190 valence electrons. The number of aromatic nitrogens is 2. The number of nitrogens with zero attached hydrogens (tertiary/aromatic N) is 2. The molecule has 3 N–H and O–H groups in total. The van der Waals surface area contributed by atoms with Crippen LogP contribution in [0.3, 0.4) is 0 Å². The van der Waals surface area contributed by atoms with Crippen molar-refractivity contribution in [1.82, 2.24) is 15.3 Å². The van der Waals surface area contributed by atoms with Crippen molar-refractivity contribution in [2.75, 3.05) is 31.0 Å². The fourth-order valence-corrected chi connectivity index (χ4v) is 4.04. The Morgan fingerprint density at radius 1 is 1.08 bits per heavy atom. The van der Waals surface area contributed by atoms with Crippen LogP contribution in [-0.4, -0.2) is 48.1 Å². The van der Waals surface area contributed by atoms with Crippen LogP contribution < -0.4 is 20.7 Å². The van der Waals surface area contributed by atoms with E-state index in [2.05, 4.69) is 39.8 Å². The van der Waals surface area contributed by atoms with Crippen molar-refractivity contribution in [1.29, 1.82) is 0 Å². The van der Waals surface area contributed by atoms with Crippen LogP contribution in [0, 0.1) is 11.2 Å². The summed E-state index contributed by atoms with van der Waals surface area (Å²) in [6.07, 6.45) is 3.10. The van der Waals surface area contributed by atoms with E-state index >= 15 is 0 Å². The Balaban J connectivity index is 1.37. The first-order valence-electron chi connectivity index (χ1n) is 11.8. The predicted molar refractivity (Wildman–Crippen MR) is 135 cm³/mol. The molecule has 1 fully saturated rings. The fourth-order valence-electron chi connectivity index (χ4n) is 4.04. The van der Waals surface area contributed by atoms with Crippen molar-refractivity contribution in [3.63, 3.8) is 0 Å². The third-order valence-electron chi connectivity index (χ3n) is 6.33. The smallest absolute Gasteiger partial charge is 0.233 e. The van der Waals surface area contributed by atoms with Gasteiger partial charge in [-0.25, -0.2) is 14.4 Å². The Labute approximate surface area is 208 Å². The summed E-state index contributed by atoms with van der Waals surface area (Å²) in [4.78, 5) is 32.8. The van der Waals surface area contributed by atoms with E-state index in [1.54, 1.807) is 37.4 Å². The third kappa shape index (κ3) is 6.06. The molecule has 0 bridgehead atoms. The number of carbonyl (C=O) groups is 2. The number of carbonyl (C=O) groups excluding carboxylic acids is 2. The minimum Gasteiger partial charge on any atom is -0.491 e. The standard InChI is InChI=1S/C26H30FN5O4/c1-26(2)9-8-21(26)32-23(34)14-22(33)30-16-4-6-17(7-5-16)31-25-24-19(27)12-18(36-11-10-35-3)13-20(24)28-15-29-25/h4-7,12-13,15,21H,8-11,14H2,1-3H3,(H,30,33)(H,32,34)(H,28,29,31). The van der Waals surface area contributed by atoms with Gasteiger partial charge in [0, 0.05) is 36.7 Å². The highest BCUT2D eigenvalue weighted by atomic mass is 19.1. The van der Waals surface area contributed by atoms with E-state index < -0.39 is 11.7 Å². The number of anilines is 3. The molecular weight excluding hydrogens is 465 g/mol. The summed E-state index contributed by atoms with van der Waals surface area (Å²) in [6, 6.07) is 9.86. The van der Waals surface area contributed by atoms with E-state index in [4.69, 9.17) is 9.47 Å². The molecule has 4 rings (SSSR count). The fraction of sp³-hybridized carbons (Fsp3) is 0.385. The van der Waals surface area contributed by atoms with Crippen LogP contribution in [-0.2, 0) is 14.3 Å². The second-order valence-electron chi connectivity index (χ2n) is 9.44. The largest absolute Gasteiger partial charge is 0.491 e. The van der Waals surface area contributed by atoms with Gasteiger partial charge in [0.05, 0.1) is 17.5 Å². The second kappa shape index (κ2) is 10.9. The molecule has 1 unspecified atom stereocenters. The average Bonchev–Trinajstić information content (AvgIpc) is 2.83. The lowest BCUT2D eigenvalue weighted by Crippen LogP contribution is -2.52. The first-order chi connectivity index (χ1) is 17.2. The van der Waals surface area contributed by atoms with Gasteiger partial charge in [0.15, 0.2) is 0 Å². The first-order valence-corrected chi connectivity index (χ1v) is 11.8. The van der Waals surface area contributed by atoms with Crippen LogP contribution in [0.5, 0.6) is 5.75 Å². The maximum atomic E-state index is 14.9. The highest BCUT2D eigenvalue weighted by Crippen LogP contribution is 2.39. The lowest BCUT2D eigenvalue weighted by molar-refractivity contribution is -0.128. The molecule has 0 radical (unpaired) electrons. The second-order valence-corrected chi connectivity index (χ2v) is 9.44. The Morgan fingerprint density at radius 2 is 1.83 bits per heavy atom. The maximum Gasteiger partial charge on any atom is 0.233 e. The lowest BCUT2D eigenvalue weighted by Gasteiger charge is -2.44. The number of hydrogen-bond acceptors (Lipinski definition) is 7. The first kappa shape index (κ1) is 25.3. The highest BCUT2D eigenvalue weighted by molar-refractivity contribution is 6.03. The van der Waals surface area contributed by atoms with Gasteiger partial charge in [0.2, 0.25) is 11.8 Å². The van der Waals surface area contributed by atoms with Crippen LogP contribution in [0.4, 0.5) is 21.6 Å². The monoisotopic (exact) mass is 495 g/mol. The van der Waals surface area contributed by atoms with Crippen LogP contribution in [0.15, 0.2) is 42.7 Å². The minimum atomic E-state index is -0.518. The molecule has 3 aromatic rings. The number of benzene rings is 2. The SMILES string of the molecule is COCCOc1cc(F)c2c(Nc3ccc(NC(=O)CC(=O)NC4CCC4(C)C)cc3)ncnc2c1. The molecule has 1 saturated carbocycles. The normalized spacial score (nSPS) is 16.2. The van der Waals surface area contributed by atoms with Gasteiger partial charge >= 0.3 is 0 Å². The van der Waals surface area contributed by atoms with Crippen molar-refractivity contribution >= 4 is 39.9 Å². The van der Waals surface area contributed by atoms with Gasteiger partial charge in [-0.1, -0.05) is 13.8 Å². The average molecular weight is 496 g/mol. The van der Waals surface area contributed by atoms with Gasteiger partial charge in [-0.05, 0) is 42.5 Å². The number of amides is 2. The van der Waals surface area contributed by atoms with E-state index in [1.807, 2.05) is 0 Å². The Morgan fingerprint density at radius 3 is 2.50 bits per heavy atom. The van der Waals surface area contributed by atoms with Gasteiger partial charge in [-0.2, -0.15) is 0 Å². The van der Waals surface area contributed by atoms with Crippen LogP contribution in [0.1, 0.15) is 33.1 Å². The van der Waals surface area contributed by atoms with Crippen LogP contribution in [0.2, 0.25) is 0 Å². The number of ether oxygens (including phenoxy) is 2. The van der Waals surface area contributed by atoms with Crippen LogP contribution in [0.25, 0.3) is 10.9 Å². The summed E-state index contributed by atoms with van der Waals surface area (Å²) in [5, 5.41) is 8.97. The van der Waals surface area contributed by atoms with Crippen molar-refractivity contribution < 1.29 is 23.5 Å². The number of hydrogen-bond donors (Lipinski definition) is 3. The number of rotatable bonds is 10. The number of methoxy groups -OCH3 is 1. The van der Waals surface area contributed by atoms with E-state index in [1.165, 1.54) is 12.4 Å². The minimum absolute atomic E-state index is 0.0764. The van der Waals surface area contributed by atoms with Gasteiger partial charge in [-0.3, -0.25) is 9.59 Å². The van der Waals surface area contributed by atoms with Gasteiger partial charge in [0.25, 0.3) is 0 Å². The van der Waals surface area contributed by atoms with Crippen molar-refractivity contribution in [2.24, 2.45) is 5.41 Å². The number of nitrogens with one attached hydrogen (secondary N) is 3. The molecule has 1 aliphatic rings. The lowest BCUT2D eigenvalue weighted by atomic mass is 9.67.